The average molecular weight is 528 g/mol. The summed E-state index contributed by atoms with van der Waals surface area (Å²) in [7, 11) is 0. The SMILES string of the molecule is CC1(C)c2ccccc2-c2c1c1c3c(ccc1n2-c1nc(-c2ccccc2)c2ccccc2n1)oc1ccccc13. The number of nitrogens with zero attached hydrogens (tertiary/aromatic N) is 3. The molecule has 1 aliphatic carbocycles. The first-order valence-electron chi connectivity index (χ1n) is 14.0. The van der Waals surface area contributed by atoms with Crippen molar-refractivity contribution < 1.29 is 4.42 Å². The molecule has 1 aliphatic rings. The van der Waals surface area contributed by atoms with Crippen LogP contribution in [-0.4, -0.2) is 14.5 Å². The molecule has 3 aromatic heterocycles. The molecule has 0 amide bonds. The van der Waals surface area contributed by atoms with E-state index >= 15 is 0 Å². The van der Waals surface area contributed by atoms with Crippen LogP contribution in [0.3, 0.4) is 0 Å². The Balaban J connectivity index is 1.49. The van der Waals surface area contributed by atoms with E-state index in [0.29, 0.717) is 5.95 Å². The standard InChI is InChI=1S/C37H25N3O/c1-37(2)26-17-9-6-14-23(26)35-33(37)32-28(20-21-30-31(32)25-16-8-11-19-29(25)41-30)40(35)36-38-27-18-10-7-15-24(27)34(39-36)22-12-4-3-5-13-22/h3-21H,1-2H3. The number of furan rings is 1. The Kier molecular flexibility index (Phi) is 4.36. The molecule has 8 aromatic rings. The summed E-state index contributed by atoms with van der Waals surface area (Å²) in [5.74, 6) is 0.674. The summed E-state index contributed by atoms with van der Waals surface area (Å²) < 4.78 is 8.66. The fraction of sp³-hybridized carbons (Fsp3) is 0.0811. The zero-order valence-electron chi connectivity index (χ0n) is 22.7. The van der Waals surface area contributed by atoms with Crippen molar-refractivity contribution in [2.45, 2.75) is 19.3 Å². The van der Waals surface area contributed by atoms with Crippen LogP contribution in [0.4, 0.5) is 0 Å². The van der Waals surface area contributed by atoms with E-state index in [9.17, 15) is 0 Å². The largest absolute Gasteiger partial charge is 0.456 e. The second kappa shape index (κ2) is 7.92. The van der Waals surface area contributed by atoms with E-state index in [2.05, 4.69) is 115 Å². The number of fused-ring (bicyclic) bond motifs is 10. The number of rotatable bonds is 2. The number of hydrogen-bond donors (Lipinski definition) is 0. The van der Waals surface area contributed by atoms with E-state index in [0.717, 1.165) is 55.3 Å². The molecule has 41 heavy (non-hydrogen) atoms. The summed E-state index contributed by atoms with van der Waals surface area (Å²) in [6, 6.07) is 40.1. The Hall–Kier alpha value is -5.22. The van der Waals surface area contributed by atoms with Crippen molar-refractivity contribution in [1.29, 1.82) is 0 Å². The van der Waals surface area contributed by atoms with Gasteiger partial charge in [-0.3, -0.25) is 4.57 Å². The van der Waals surface area contributed by atoms with Crippen LogP contribution in [0.2, 0.25) is 0 Å². The third kappa shape index (κ3) is 2.94. The molecule has 0 N–H and O–H groups in total. The molecule has 3 heterocycles. The molecule has 0 saturated carbocycles. The first-order chi connectivity index (χ1) is 20.1. The third-order valence-electron chi connectivity index (χ3n) is 8.79. The van der Waals surface area contributed by atoms with E-state index < -0.39 is 0 Å². The molecule has 0 saturated heterocycles. The van der Waals surface area contributed by atoms with Crippen LogP contribution in [0.5, 0.6) is 0 Å². The molecule has 0 aliphatic heterocycles. The van der Waals surface area contributed by atoms with Gasteiger partial charge in [-0.2, -0.15) is 0 Å². The smallest absolute Gasteiger partial charge is 0.235 e. The Labute approximate surface area is 236 Å². The zero-order chi connectivity index (χ0) is 27.3. The molecule has 4 nitrogen and oxygen atoms in total. The van der Waals surface area contributed by atoms with Gasteiger partial charge in [-0.05, 0) is 35.4 Å². The van der Waals surface area contributed by atoms with Gasteiger partial charge >= 0.3 is 0 Å². The molecule has 0 fully saturated rings. The fourth-order valence-corrected chi connectivity index (χ4v) is 7.02. The number of hydrogen-bond acceptors (Lipinski definition) is 3. The quantitative estimate of drug-likeness (QED) is 0.225. The Morgan fingerprint density at radius 1 is 0.634 bits per heavy atom. The molecule has 0 radical (unpaired) electrons. The maximum atomic E-state index is 6.37. The molecular formula is C37H25N3O. The molecule has 4 heteroatoms. The van der Waals surface area contributed by atoms with E-state index in [1.165, 1.54) is 22.1 Å². The Bertz CT molecular complexity index is 2340. The van der Waals surface area contributed by atoms with Crippen LogP contribution >= 0.6 is 0 Å². The van der Waals surface area contributed by atoms with Gasteiger partial charge in [0.15, 0.2) is 0 Å². The van der Waals surface area contributed by atoms with Gasteiger partial charge in [0.2, 0.25) is 5.95 Å². The monoisotopic (exact) mass is 527 g/mol. The molecule has 194 valence electrons. The second-order valence-corrected chi connectivity index (χ2v) is 11.4. The van der Waals surface area contributed by atoms with E-state index in [-0.39, 0.29) is 5.41 Å². The highest BCUT2D eigenvalue weighted by Gasteiger charge is 2.42. The number of para-hydroxylation sites is 2. The molecule has 0 atom stereocenters. The first kappa shape index (κ1) is 22.6. The molecule has 9 rings (SSSR count). The van der Waals surface area contributed by atoms with Gasteiger partial charge in [0.1, 0.15) is 11.2 Å². The van der Waals surface area contributed by atoms with Gasteiger partial charge in [-0.1, -0.05) is 105 Å². The average Bonchev–Trinajstić information content (AvgIpc) is 3.64. The van der Waals surface area contributed by atoms with Gasteiger partial charge in [0, 0.05) is 38.1 Å². The molecule has 0 bridgehead atoms. The minimum atomic E-state index is -0.221. The number of benzene rings is 5. The van der Waals surface area contributed by atoms with E-state index in [1.807, 2.05) is 18.2 Å². The first-order valence-corrected chi connectivity index (χ1v) is 14.0. The van der Waals surface area contributed by atoms with Crippen LogP contribution in [0, 0.1) is 0 Å². The van der Waals surface area contributed by atoms with Crippen LogP contribution in [0.25, 0.3) is 72.2 Å². The summed E-state index contributed by atoms with van der Waals surface area (Å²) in [4.78, 5) is 10.5. The lowest BCUT2D eigenvalue weighted by molar-refractivity contribution is 0.665. The van der Waals surface area contributed by atoms with Crippen LogP contribution in [0.1, 0.15) is 25.0 Å². The highest BCUT2D eigenvalue weighted by atomic mass is 16.3. The van der Waals surface area contributed by atoms with Gasteiger partial charge in [-0.25, -0.2) is 9.97 Å². The molecular weight excluding hydrogens is 502 g/mol. The van der Waals surface area contributed by atoms with Crippen LogP contribution in [-0.2, 0) is 5.41 Å². The van der Waals surface area contributed by atoms with Gasteiger partial charge < -0.3 is 4.42 Å². The molecule has 0 unspecified atom stereocenters. The summed E-state index contributed by atoms with van der Waals surface area (Å²) >= 11 is 0. The third-order valence-corrected chi connectivity index (χ3v) is 8.79. The summed E-state index contributed by atoms with van der Waals surface area (Å²) in [5.41, 5.74) is 10.6. The Morgan fingerprint density at radius 2 is 1.37 bits per heavy atom. The van der Waals surface area contributed by atoms with Crippen molar-refractivity contribution in [2.24, 2.45) is 0 Å². The molecule has 5 aromatic carbocycles. The van der Waals surface area contributed by atoms with Crippen molar-refractivity contribution in [3.8, 4) is 28.5 Å². The topological polar surface area (TPSA) is 43.9 Å². The Morgan fingerprint density at radius 3 is 2.24 bits per heavy atom. The van der Waals surface area contributed by atoms with Crippen molar-refractivity contribution in [3.63, 3.8) is 0 Å². The van der Waals surface area contributed by atoms with E-state index in [4.69, 9.17) is 14.4 Å². The predicted octanol–water partition coefficient (Wildman–Crippen LogP) is 9.45. The lowest BCUT2D eigenvalue weighted by atomic mass is 9.81. The maximum absolute atomic E-state index is 6.37. The van der Waals surface area contributed by atoms with Gasteiger partial charge in [-0.15, -0.1) is 0 Å². The second-order valence-electron chi connectivity index (χ2n) is 11.4. The van der Waals surface area contributed by atoms with Crippen molar-refractivity contribution >= 4 is 43.7 Å². The van der Waals surface area contributed by atoms with Crippen molar-refractivity contribution in [1.82, 2.24) is 14.5 Å². The maximum Gasteiger partial charge on any atom is 0.235 e. The molecule has 0 spiro atoms. The van der Waals surface area contributed by atoms with Crippen molar-refractivity contribution in [2.75, 3.05) is 0 Å². The van der Waals surface area contributed by atoms with Crippen molar-refractivity contribution in [3.05, 3.63) is 126 Å². The minimum absolute atomic E-state index is 0.221. The lowest BCUT2D eigenvalue weighted by Crippen LogP contribution is -2.14. The number of aromatic nitrogens is 3. The fourth-order valence-electron chi connectivity index (χ4n) is 7.02. The van der Waals surface area contributed by atoms with Crippen LogP contribution in [0.15, 0.2) is 120 Å². The predicted molar refractivity (Wildman–Crippen MR) is 167 cm³/mol. The lowest BCUT2D eigenvalue weighted by Gasteiger charge is -2.21. The highest BCUT2D eigenvalue weighted by molar-refractivity contribution is 6.22. The summed E-state index contributed by atoms with van der Waals surface area (Å²) in [6.45, 7) is 4.67. The minimum Gasteiger partial charge on any atom is -0.456 e. The zero-order valence-corrected chi connectivity index (χ0v) is 22.7. The van der Waals surface area contributed by atoms with Gasteiger partial charge in [0.05, 0.1) is 22.4 Å². The van der Waals surface area contributed by atoms with Gasteiger partial charge in [0.25, 0.3) is 0 Å². The normalized spacial score (nSPS) is 13.8. The summed E-state index contributed by atoms with van der Waals surface area (Å²) in [6.07, 6.45) is 0. The highest BCUT2D eigenvalue weighted by Crippen LogP contribution is 2.55. The summed E-state index contributed by atoms with van der Waals surface area (Å²) in [5, 5.41) is 4.53. The van der Waals surface area contributed by atoms with E-state index in [1.54, 1.807) is 0 Å². The van der Waals surface area contributed by atoms with Crippen LogP contribution < -0.4 is 0 Å².